The maximum Gasteiger partial charge on any atom is 0.306 e. The highest BCUT2D eigenvalue weighted by atomic mass is 35.5. The zero-order valence-corrected chi connectivity index (χ0v) is 35.0. The summed E-state index contributed by atoms with van der Waals surface area (Å²) in [6.07, 6.45) is 9.36. The number of hydrogen-bond donors (Lipinski definition) is 3. The van der Waals surface area contributed by atoms with Crippen LogP contribution in [0.25, 0.3) is 22.3 Å². The Kier molecular flexibility index (Phi) is 11.2. The minimum atomic E-state index is -0.639. The van der Waals surface area contributed by atoms with Crippen LogP contribution in [-0.2, 0) is 31.0 Å². The molecule has 2 saturated carbocycles. The quantitative estimate of drug-likeness (QED) is 0.106. The third-order valence-electron chi connectivity index (χ3n) is 13.6. The van der Waals surface area contributed by atoms with Crippen LogP contribution in [0.3, 0.4) is 0 Å². The molecule has 0 bridgehead atoms. The van der Waals surface area contributed by atoms with Crippen LogP contribution in [0, 0.1) is 36.5 Å². The molecule has 1 aliphatic heterocycles. The molecule has 60 heavy (non-hydrogen) atoms. The molecule has 1 spiro atoms. The maximum atomic E-state index is 11.4. The van der Waals surface area contributed by atoms with Crippen LogP contribution in [0.2, 0.25) is 5.02 Å². The molecule has 3 N–H and O–H groups in total. The number of benzene rings is 4. The summed E-state index contributed by atoms with van der Waals surface area (Å²) in [5.41, 5.74) is 13.4. The van der Waals surface area contributed by atoms with Crippen LogP contribution < -0.4 is 14.8 Å². The van der Waals surface area contributed by atoms with Crippen LogP contribution in [0.1, 0.15) is 89.1 Å². The molecule has 3 fully saturated rings. The monoisotopic (exact) mass is 822 g/mol. The standard InChI is InChI=1S/C50H51ClN4O5/c1-30-36(27-60-48-19-47(59-26-33-16-32(22-52)23-53-24-33)37(18-43(48)51)25-54-44-10-5-11-46(44)56)6-3-8-40(30)41-9-4-7-39(31(41)2)34-12-14-42-35(17-34)13-15-45(42)55-28-50(29-55)20-38(21-50)49(57)58/h3-4,6-9,12,14,16-19,23-24,38,44-46,54,56H,5,10-11,13,15,20-21,25-29H2,1-2H3,(H,57,58)/t44-,45?,46+/m1/s1. The van der Waals surface area contributed by atoms with Gasteiger partial charge in [-0.05, 0) is 126 Å². The van der Waals surface area contributed by atoms with E-state index in [9.17, 15) is 20.3 Å². The van der Waals surface area contributed by atoms with E-state index in [1.165, 1.54) is 39.6 Å². The van der Waals surface area contributed by atoms with E-state index in [-0.39, 0.29) is 30.1 Å². The first-order valence-electron chi connectivity index (χ1n) is 21.2. The molecule has 0 amide bonds. The molecule has 4 aromatic carbocycles. The molecular formula is C50H51ClN4O5. The number of carboxylic acid groups (broad SMARTS) is 1. The van der Waals surface area contributed by atoms with Crippen LogP contribution in [0.5, 0.6) is 11.5 Å². The van der Waals surface area contributed by atoms with Gasteiger partial charge in [-0.25, -0.2) is 0 Å². The summed E-state index contributed by atoms with van der Waals surface area (Å²) in [4.78, 5) is 18.1. The molecule has 3 atom stereocenters. The topological polar surface area (TPSA) is 128 Å². The maximum absolute atomic E-state index is 11.4. The van der Waals surface area contributed by atoms with Gasteiger partial charge in [0.2, 0.25) is 0 Å². The fourth-order valence-electron chi connectivity index (χ4n) is 10.3. The van der Waals surface area contributed by atoms with Gasteiger partial charge in [0.05, 0.1) is 22.6 Å². The molecule has 1 aromatic heterocycles. The largest absolute Gasteiger partial charge is 0.488 e. The molecule has 1 unspecified atom stereocenters. The Morgan fingerprint density at radius 2 is 1.68 bits per heavy atom. The van der Waals surface area contributed by atoms with E-state index >= 15 is 0 Å². The second kappa shape index (κ2) is 16.7. The lowest BCUT2D eigenvalue weighted by Crippen LogP contribution is -2.63. The third kappa shape index (κ3) is 7.90. The summed E-state index contributed by atoms with van der Waals surface area (Å²) in [5, 5.41) is 33.1. The molecule has 4 aliphatic rings. The minimum absolute atomic E-state index is 0.0128. The molecule has 2 heterocycles. The van der Waals surface area contributed by atoms with E-state index in [2.05, 4.69) is 89.7 Å². The summed E-state index contributed by atoms with van der Waals surface area (Å²) >= 11 is 6.89. The predicted octanol–water partition coefficient (Wildman–Crippen LogP) is 9.50. The first kappa shape index (κ1) is 40.2. The predicted molar refractivity (Wildman–Crippen MR) is 232 cm³/mol. The van der Waals surface area contributed by atoms with Crippen molar-refractivity contribution in [3.8, 4) is 39.8 Å². The molecule has 10 heteroatoms. The van der Waals surface area contributed by atoms with Crippen LogP contribution in [0.4, 0.5) is 0 Å². The summed E-state index contributed by atoms with van der Waals surface area (Å²) in [7, 11) is 0. The smallest absolute Gasteiger partial charge is 0.306 e. The van der Waals surface area contributed by atoms with Crippen LogP contribution in [0.15, 0.2) is 85.2 Å². The van der Waals surface area contributed by atoms with Gasteiger partial charge in [0.25, 0.3) is 0 Å². The van der Waals surface area contributed by atoms with Crippen LogP contribution in [-0.4, -0.2) is 51.3 Å². The zero-order chi connectivity index (χ0) is 41.5. The number of nitrogens with one attached hydrogen (secondary N) is 1. The van der Waals surface area contributed by atoms with Crippen molar-refractivity contribution in [1.29, 1.82) is 5.26 Å². The number of aromatic nitrogens is 1. The highest BCUT2D eigenvalue weighted by Gasteiger charge is 2.56. The lowest BCUT2D eigenvalue weighted by molar-refractivity contribution is -0.164. The second-order valence-corrected chi connectivity index (χ2v) is 17.9. The Hall–Kier alpha value is -5.24. The van der Waals surface area contributed by atoms with E-state index in [1.807, 2.05) is 12.1 Å². The van der Waals surface area contributed by atoms with Gasteiger partial charge < -0.3 is 25.0 Å². The Labute approximate surface area is 357 Å². The molecule has 9 nitrogen and oxygen atoms in total. The number of hydrogen-bond acceptors (Lipinski definition) is 8. The van der Waals surface area contributed by atoms with E-state index in [0.717, 1.165) is 85.9 Å². The van der Waals surface area contributed by atoms with E-state index in [1.54, 1.807) is 12.3 Å². The number of aliphatic hydroxyl groups excluding tert-OH is 1. The van der Waals surface area contributed by atoms with Gasteiger partial charge in [-0.2, -0.15) is 5.26 Å². The number of nitrogens with zero attached hydrogens (tertiary/aromatic N) is 3. The van der Waals surface area contributed by atoms with Crippen molar-refractivity contribution in [3.63, 3.8) is 0 Å². The number of fused-ring (bicyclic) bond motifs is 1. The summed E-state index contributed by atoms with van der Waals surface area (Å²) in [5.74, 6) is 0.318. The second-order valence-electron chi connectivity index (χ2n) is 17.5. The van der Waals surface area contributed by atoms with Gasteiger partial charge in [0.1, 0.15) is 30.8 Å². The number of carboxylic acids is 1. The van der Waals surface area contributed by atoms with Crippen molar-refractivity contribution in [2.45, 2.75) is 96.7 Å². The highest BCUT2D eigenvalue weighted by Crippen LogP contribution is 2.55. The number of aliphatic carboxylic acids is 1. The van der Waals surface area contributed by atoms with Crippen molar-refractivity contribution < 1.29 is 24.5 Å². The molecule has 5 aromatic rings. The van der Waals surface area contributed by atoms with Gasteiger partial charge >= 0.3 is 5.97 Å². The minimum Gasteiger partial charge on any atom is -0.488 e. The average Bonchev–Trinajstić information content (AvgIpc) is 3.83. The number of ether oxygens (including phenoxy) is 2. The van der Waals surface area contributed by atoms with Gasteiger partial charge in [0.15, 0.2) is 0 Å². The number of carbonyl (C=O) groups is 1. The zero-order valence-electron chi connectivity index (χ0n) is 34.2. The third-order valence-corrected chi connectivity index (χ3v) is 13.9. The number of pyridine rings is 1. The Balaban J connectivity index is 0.909. The number of likely N-dealkylation sites (tertiary alicyclic amines) is 1. The van der Waals surface area contributed by atoms with Gasteiger partial charge in [-0.15, -0.1) is 0 Å². The highest BCUT2D eigenvalue weighted by molar-refractivity contribution is 6.32. The van der Waals surface area contributed by atoms with Gasteiger partial charge in [-0.1, -0.05) is 66.2 Å². The normalized spacial score (nSPS) is 20.6. The van der Waals surface area contributed by atoms with Crippen molar-refractivity contribution in [3.05, 3.63) is 135 Å². The molecule has 1 saturated heterocycles. The Morgan fingerprint density at radius 3 is 2.45 bits per heavy atom. The average molecular weight is 823 g/mol. The van der Waals surface area contributed by atoms with Crippen molar-refractivity contribution in [2.75, 3.05) is 13.1 Å². The Bertz CT molecular complexity index is 2480. The van der Waals surface area contributed by atoms with E-state index in [4.69, 9.17) is 21.1 Å². The SMILES string of the molecule is Cc1c(COc2cc(OCc3cncc(C#N)c3)c(CN[C@@H]3CCC[C@@H]3O)cc2Cl)cccc1-c1cccc(-c2ccc3c(c2)CCC3N2CC3(CC(C(=O)O)C3)C2)c1C. The molecule has 0 radical (unpaired) electrons. The molecule has 9 rings (SSSR count). The lowest BCUT2D eigenvalue weighted by Gasteiger charge is -2.60. The first-order chi connectivity index (χ1) is 29.1. The van der Waals surface area contributed by atoms with Crippen molar-refractivity contribution in [2.24, 2.45) is 11.3 Å². The molecule has 308 valence electrons. The van der Waals surface area contributed by atoms with Crippen LogP contribution >= 0.6 is 11.6 Å². The van der Waals surface area contributed by atoms with Gasteiger partial charge in [0, 0.05) is 61.3 Å². The molecule has 3 aliphatic carbocycles. The van der Waals surface area contributed by atoms with Gasteiger partial charge in [-0.3, -0.25) is 14.7 Å². The number of halogens is 1. The van der Waals surface area contributed by atoms with Crippen molar-refractivity contribution in [1.82, 2.24) is 15.2 Å². The number of aliphatic hydroxyl groups is 1. The number of nitriles is 1. The fourth-order valence-corrected chi connectivity index (χ4v) is 10.5. The van der Waals surface area contributed by atoms with Crippen molar-refractivity contribution >= 4 is 17.6 Å². The summed E-state index contributed by atoms with van der Waals surface area (Å²) in [6, 6.07) is 28.0. The first-order valence-corrected chi connectivity index (χ1v) is 21.6. The summed E-state index contributed by atoms with van der Waals surface area (Å²) in [6.45, 7) is 7.38. The number of aryl methyl sites for hydroxylation is 1. The summed E-state index contributed by atoms with van der Waals surface area (Å²) < 4.78 is 12.8. The Morgan fingerprint density at radius 1 is 0.917 bits per heavy atom. The number of rotatable bonds is 13. The van der Waals surface area contributed by atoms with E-state index in [0.29, 0.717) is 41.3 Å². The lowest BCUT2D eigenvalue weighted by atomic mass is 9.57. The fraction of sp³-hybridized carbons (Fsp3) is 0.380. The molecular weight excluding hydrogens is 772 g/mol. The van der Waals surface area contributed by atoms with E-state index < -0.39 is 5.97 Å².